The maximum atomic E-state index is 11.0. The fourth-order valence-corrected chi connectivity index (χ4v) is 2.20. The Morgan fingerprint density at radius 3 is 1.68 bits per heavy atom. The molecule has 0 saturated heterocycles. The SMILES string of the molecule is CS(=O)(=O)OCC(COS(C)(=O)=O)c1ccccc1. The summed E-state index contributed by atoms with van der Waals surface area (Å²) in [5, 5.41) is 0. The Balaban J connectivity index is 2.79. The van der Waals surface area contributed by atoms with E-state index in [4.69, 9.17) is 8.37 Å². The van der Waals surface area contributed by atoms with Crippen LogP contribution in [0.4, 0.5) is 0 Å². The molecule has 1 aromatic carbocycles. The molecule has 0 heterocycles. The van der Waals surface area contributed by atoms with Crippen LogP contribution in [0, 0.1) is 0 Å². The molecule has 0 aliphatic heterocycles. The molecule has 0 N–H and O–H groups in total. The molecule has 0 fully saturated rings. The predicted octanol–water partition coefficient (Wildman–Crippen LogP) is 0.723. The minimum absolute atomic E-state index is 0.168. The van der Waals surface area contributed by atoms with Gasteiger partial charge in [0, 0.05) is 5.92 Å². The van der Waals surface area contributed by atoms with Crippen molar-refractivity contribution in [2.24, 2.45) is 0 Å². The molecule has 1 aromatic rings. The lowest BCUT2D eigenvalue weighted by Crippen LogP contribution is -2.19. The Morgan fingerprint density at radius 1 is 0.895 bits per heavy atom. The van der Waals surface area contributed by atoms with Gasteiger partial charge in [0.15, 0.2) is 0 Å². The van der Waals surface area contributed by atoms with Crippen LogP contribution >= 0.6 is 0 Å². The second-order valence-corrected chi connectivity index (χ2v) is 7.37. The van der Waals surface area contributed by atoms with Gasteiger partial charge < -0.3 is 0 Å². The highest BCUT2D eigenvalue weighted by Crippen LogP contribution is 2.18. The summed E-state index contributed by atoms with van der Waals surface area (Å²) in [6.45, 7) is -0.337. The van der Waals surface area contributed by atoms with E-state index in [1.807, 2.05) is 0 Å². The van der Waals surface area contributed by atoms with E-state index < -0.39 is 26.2 Å². The quantitative estimate of drug-likeness (QED) is 0.690. The standard InChI is InChI=1S/C11H16O6S2/c1-18(12,13)16-8-11(9-17-19(2,14)15)10-6-4-3-5-7-10/h3-7,11H,8-9H2,1-2H3. The maximum absolute atomic E-state index is 11.0. The molecule has 0 amide bonds. The summed E-state index contributed by atoms with van der Waals surface area (Å²) in [4.78, 5) is 0. The Kier molecular flexibility index (Phi) is 5.48. The number of benzene rings is 1. The zero-order valence-electron chi connectivity index (χ0n) is 10.6. The van der Waals surface area contributed by atoms with Gasteiger partial charge in [-0.05, 0) is 5.56 Å². The van der Waals surface area contributed by atoms with E-state index in [0.717, 1.165) is 18.1 Å². The first-order chi connectivity index (χ1) is 8.67. The first kappa shape index (κ1) is 16.1. The predicted molar refractivity (Wildman–Crippen MR) is 70.8 cm³/mol. The lowest BCUT2D eigenvalue weighted by Gasteiger charge is -2.16. The first-order valence-electron chi connectivity index (χ1n) is 5.41. The van der Waals surface area contributed by atoms with Crippen molar-refractivity contribution >= 4 is 20.2 Å². The number of hydrogen-bond acceptors (Lipinski definition) is 6. The Morgan fingerprint density at radius 2 is 1.32 bits per heavy atom. The van der Waals surface area contributed by atoms with Gasteiger partial charge in [0.2, 0.25) is 0 Å². The summed E-state index contributed by atoms with van der Waals surface area (Å²) in [7, 11) is -7.17. The van der Waals surface area contributed by atoms with Crippen molar-refractivity contribution in [1.82, 2.24) is 0 Å². The van der Waals surface area contributed by atoms with Crippen molar-refractivity contribution in [3.05, 3.63) is 35.9 Å². The third-order valence-corrected chi connectivity index (χ3v) is 3.37. The maximum Gasteiger partial charge on any atom is 0.264 e. The highest BCUT2D eigenvalue weighted by atomic mass is 32.2. The largest absolute Gasteiger partial charge is 0.270 e. The second kappa shape index (κ2) is 6.47. The van der Waals surface area contributed by atoms with Crippen molar-refractivity contribution in [2.75, 3.05) is 25.7 Å². The van der Waals surface area contributed by atoms with Crippen LogP contribution in [0.1, 0.15) is 11.5 Å². The molecule has 0 radical (unpaired) electrons. The lowest BCUT2D eigenvalue weighted by molar-refractivity contribution is 0.229. The molecule has 0 bridgehead atoms. The average Bonchev–Trinajstić information content (AvgIpc) is 2.27. The molecule has 19 heavy (non-hydrogen) atoms. The van der Waals surface area contributed by atoms with E-state index in [1.54, 1.807) is 30.3 Å². The molecule has 0 aromatic heterocycles. The minimum atomic E-state index is -3.59. The van der Waals surface area contributed by atoms with E-state index >= 15 is 0 Å². The van der Waals surface area contributed by atoms with Crippen LogP contribution in [0.3, 0.4) is 0 Å². The summed E-state index contributed by atoms with van der Waals surface area (Å²) in [6, 6.07) is 8.84. The third kappa shape index (κ3) is 7.26. The summed E-state index contributed by atoms with van der Waals surface area (Å²) < 4.78 is 53.4. The van der Waals surface area contributed by atoms with Crippen LogP contribution in [0.2, 0.25) is 0 Å². The van der Waals surface area contributed by atoms with Crippen molar-refractivity contribution in [1.29, 1.82) is 0 Å². The number of hydrogen-bond donors (Lipinski definition) is 0. The van der Waals surface area contributed by atoms with Crippen molar-refractivity contribution in [2.45, 2.75) is 5.92 Å². The Labute approximate surface area is 113 Å². The van der Waals surface area contributed by atoms with Crippen molar-refractivity contribution in [3.8, 4) is 0 Å². The molecule has 0 spiro atoms. The fraction of sp³-hybridized carbons (Fsp3) is 0.455. The molecule has 108 valence electrons. The monoisotopic (exact) mass is 308 g/mol. The van der Waals surface area contributed by atoms with Crippen molar-refractivity contribution < 1.29 is 25.2 Å². The van der Waals surface area contributed by atoms with Gasteiger partial charge in [-0.3, -0.25) is 8.37 Å². The zero-order chi connectivity index (χ0) is 14.5. The summed E-state index contributed by atoms with van der Waals surface area (Å²) in [6.07, 6.45) is 1.87. The van der Waals surface area contributed by atoms with Crippen LogP contribution < -0.4 is 0 Å². The Hall–Kier alpha value is -0.960. The van der Waals surface area contributed by atoms with Crippen LogP contribution in [0.25, 0.3) is 0 Å². The van der Waals surface area contributed by atoms with Crippen LogP contribution in [-0.2, 0) is 28.6 Å². The second-order valence-electron chi connectivity index (χ2n) is 4.08. The van der Waals surface area contributed by atoms with Crippen LogP contribution in [0.15, 0.2) is 30.3 Å². The topological polar surface area (TPSA) is 86.7 Å². The molecule has 0 aliphatic carbocycles. The molecular weight excluding hydrogens is 292 g/mol. The van der Waals surface area contributed by atoms with Crippen molar-refractivity contribution in [3.63, 3.8) is 0 Å². The van der Waals surface area contributed by atoms with Gasteiger partial charge in [-0.1, -0.05) is 30.3 Å². The average molecular weight is 308 g/mol. The third-order valence-electron chi connectivity index (χ3n) is 2.24. The van der Waals surface area contributed by atoms with E-state index in [0.29, 0.717) is 0 Å². The zero-order valence-corrected chi connectivity index (χ0v) is 12.3. The molecule has 1 rings (SSSR count). The summed E-state index contributed by atoms with van der Waals surface area (Å²) in [5.41, 5.74) is 0.745. The highest BCUT2D eigenvalue weighted by Gasteiger charge is 2.17. The molecule has 0 aliphatic rings. The van der Waals surface area contributed by atoms with E-state index in [2.05, 4.69) is 0 Å². The molecule has 0 unspecified atom stereocenters. The van der Waals surface area contributed by atoms with Gasteiger partial charge in [-0.25, -0.2) is 0 Å². The van der Waals surface area contributed by atoms with Gasteiger partial charge in [-0.15, -0.1) is 0 Å². The molecule has 0 atom stereocenters. The van der Waals surface area contributed by atoms with E-state index in [1.165, 1.54) is 0 Å². The van der Waals surface area contributed by atoms with Gasteiger partial charge in [-0.2, -0.15) is 16.8 Å². The molecule has 8 heteroatoms. The van der Waals surface area contributed by atoms with Crippen LogP contribution in [0.5, 0.6) is 0 Å². The van der Waals surface area contributed by atoms with Crippen LogP contribution in [-0.4, -0.2) is 42.6 Å². The highest BCUT2D eigenvalue weighted by molar-refractivity contribution is 7.86. The minimum Gasteiger partial charge on any atom is -0.270 e. The van der Waals surface area contributed by atoms with Gasteiger partial charge in [0.05, 0.1) is 25.7 Å². The first-order valence-corrected chi connectivity index (χ1v) is 9.04. The molecule has 6 nitrogen and oxygen atoms in total. The lowest BCUT2D eigenvalue weighted by atomic mass is 10.0. The fourth-order valence-electron chi connectivity index (χ4n) is 1.38. The van der Waals surface area contributed by atoms with Gasteiger partial charge in [0.25, 0.3) is 20.2 Å². The Bertz CT molecular complexity index is 555. The van der Waals surface area contributed by atoms with E-state index in [-0.39, 0.29) is 13.2 Å². The van der Waals surface area contributed by atoms with Gasteiger partial charge >= 0.3 is 0 Å². The molecule has 0 saturated carbocycles. The van der Waals surface area contributed by atoms with Gasteiger partial charge in [0.1, 0.15) is 0 Å². The summed E-state index contributed by atoms with van der Waals surface area (Å²) in [5.74, 6) is -0.481. The number of rotatable bonds is 7. The normalized spacial score (nSPS) is 12.8. The smallest absolute Gasteiger partial charge is 0.264 e. The summed E-state index contributed by atoms with van der Waals surface area (Å²) >= 11 is 0. The molecular formula is C11H16O6S2. The van der Waals surface area contributed by atoms with E-state index in [9.17, 15) is 16.8 Å².